The fraction of sp³-hybridized carbons (Fsp3) is 0.385. The van der Waals surface area contributed by atoms with Crippen LogP contribution in [0.4, 0.5) is 0 Å². The van der Waals surface area contributed by atoms with Gasteiger partial charge in [0.1, 0.15) is 5.82 Å². The third-order valence-corrected chi connectivity index (χ3v) is 4.47. The van der Waals surface area contributed by atoms with E-state index in [4.69, 9.17) is 0 Å². The number of rotatable bonds is 1. The van der Waals surface area contributed by atoms with Crippen molar-refractivity contribution in [1.82, 2.24) is 14.8 Å². The predicted molar refractivity (Wildman–Crippen MR) is 69.0 cm³/mol. The van der Waals surface area contributed by atoms with Gasteiger partial charge in [-0.2, -0.15) is 0 Å². The number of aromatic nitrogens is 3. The number of nitrogens with zero attached hydrogens (tertiary/aromatic N) is 3. The third-order valence-electron chi connectivity index (χ3n) is 3.17. The van der Waals surface area contributed by atoms with Crippen molar-refractivity contribution in [2.24, 2.45) is 0 Å². The minimum atomic E-state index is 0.515. The lowest BCUT2D eigenvalue weighted by atomic mass is 10.1. The highest BCUT2D eigenvalue weighted by Gasteiger charge is 2.21. The molecule has 3 nitrogen and oxygen atoms in total. The maximum atomic E-state index is 4.27. The number of benzene rings is 1. The van der Waals surface area contributed by atoms with Crippen LogP contribution in [0.3, 0.4) is 0 Å². The smallest absolute Gasteiger partial charge is 0.191 e. The maximum Gasteiger partial charge on any atom is 0.191 e. The van der Waals surface area contributed by atoms with Crippen LogP contribution in [0.5, 0.6) is 0 Å². The minimum Gasteiger partial charge on any atom is -0.306 e. The number of fused-ring (bicyclic) bond motifs is 1. The van der Waals surface area contributed by atoms with Crippen LogP contribution < -0.4 is 0 Å². The zero-order valence-electron chi connectivity index (χ0n) is 9.84. The van der Waals surface area contributed by atoms with Gasteiger partial charge in [-0.15, -0.1) is 10.2 Å². The van der Waals surface area contributed by atoms with E-state index in [2.05, 4.69) is 45.1 Å². The van der Waals surface area contributed by atoms with E-state index in [1.54, 1.807) is 0 Å². The Balaban J connectivity index is 1.91. The summed E-state index contributed by atoms with van der Waals surface area (Å²) in [6.45, 7) is 3.07. The first kappa shape index (κ1) is 10.8. The number of hydrogen-bond acceptors (Lipinski definition) is 3. The molecule has 1 atom stereocenters. The summed E-state index contributed by atoms with van der Waals surface area (Å²) in [5, 5.41) is 10.0. The summed E-state index contributed by atoms with van der Waals surface area (Å²) in [5.74, 6) is 1.03. The van der Waals surface area contributed by atoms with Gasteiger partial charge in [0.15, 0.2) is 5.16 Å². The summed E-state index contributed by atoms with van der Waals surface area (Å²) in [6, 6.07) is 10.7. The second-order valence-electron chi connectivity index (χ2n) is 4.34. The van der Waals surface area contributed by atoms with E-state index < -0.39 is 0 Å². The SMILES string of the molecule is Cc1nnc2n1CCCC(c1ccccc1)S2. The number of hydrogen-bond donors (Lipinski definition) is 0. The zero-order chi connectivity index (χ0) is 11.7. The maximum absolute atomic E-state index is 4.27. The zero-order valence-corrected chi connectivity index (χ0v) is 10.7. The molecule has 0 bridgehead atoms. The van der Waals surface area contributed by atoms with Gasteiger partial charge in [-0.05, 0) is 25.3 Å². The summed E-state index contributed by atoms with van der Waals surface area (Å²) in [4.78, 5) is 0. The average Bonchev–Trinajstić information content (AvgIpc) is 2.61. The Hall–Kier alpha value is -1.29. The summed E-state index contributed by atoms with van der Waals surface area (Å²) >= 11 is 1.84. The Bertz CT molecular complexity index is 507. The van der Waals surface area contributed by atoms with Crippen molar-refractivity contribution in [2.75, 3.05) is 0 Å². The lowest BCUT2D eigenvalue weighted by Gasteiger charge is -2.12. The molecule has 0 saturated carbocycles. The average molecular weight is 245 g/mol. The van der Waals surface area contributed by atoms with Crippen LogP contribution in [0.25, 0.3) is 0 Å². The molecule has 2 aromatic rings. The van der Waals surface area contributed by atoms with Gasteiger partial charge >= 0.3 is 0 Å². The quantitative estimate of drug-likeness (QED) is 0.773. The van der Waals surface area contributed by atoms with Gasteiger partial charge < -0.3 is 4.57 Å². The predicted octanol–water partition coefficient (Wildman–Crippen LogP) is 3.21. The fourth-order valence-electron chi connectivity index (χ4n) is 2.23. The molecule has 1 aliphatic heterocycles. The lowest BCUT2D eigenvalue weighted by Crippen LogP contribution is -1.99. The summed E-state index contributed by atoms with van der Waals surface area (Å²) in [5.41, 5.74) is 1.40. The molecule has 0 amide bonds. The Morgan fingerprint density at radius 2 is 2.06 bits per heavy atom. The molecule has 1 aliphatic rings. The van der Waals surface area contributed by atoms with Crippen LogP contribution in [0, 0.1) is 6.92 Å². The van der Waals surface area contributed by atoms with Gasteiger partial charge in [-0.1, -0.05) is 42.1 Å². The largest absolute Gasteiger partial charge is 0.306 e. The molecule has 1 aromatic carbocycles. The van der Waals surface area contributed by atoms with Gasteiger partial charge in [0.2, 0.25) is 0 Å². The first-order valence-electron chi connectivity index (χ1n) is 5.96. The van der Waals surface area contributed by atoms with E-state index in [0.717, 1.165) is 17.5 Å². The fourth-order valence-corrected chi connectivity index (χ4v) is 3.50. The summed E-state index contributed by atoms with van der Waals surface area (Å²) < 4.78 is 2.23. The molecule has 3 rings (SSSR count). The van der Waals surface area contributed by atoms with E-state index in [-0.39, 0.29) is 0 Å². The van der Waals surface area contributed by atoms with Crippen LogP contribution in [0.1, 0.15) is 29.5 Å². The van der Waals surface area contributed by atoms with Crippen molar-refractivity contribution < 1.29 is 0 Å². The molecule has 17 heavy (non-hydrogen) atoms. The van der Waals surface area contributed by atoms with Crippen LogP contribution in [0.15, 0.2) is 35.5 Å². The molecule has 2 heterocycles. The lowest BCUT2D eigenvalue weighted by molar-refractivity contribution is 0.574. The highest BCUT2D eigenvalue weighted by Crippen LogP contribution is 2.40. The first-order chi connectivity index (χ1) is 8.34. The number of thioether (sulfide) groups is 1. The molecule has 0 N–H and O–H groups in total. The van der Waals surface area contributed by atoms with Crippen molar-refractivity contribution in [3.05, 3.63) is 41.7 Å². The van der Waals surface area contributed by atoms with Gasteiger partial charge in [-0.25, -0.2) is 0 Å². The molecule has 0 aliphatic carbocycles. The van der Waals surface area contributed by atoms with Gasteiger partial charge in [0.25, 0.3) is 0 Å². The van der Waals surface area contributed by atoms with Crippen molar-refractivity contribution in [2.45, 2.75) is 36.7 Å². The van der Waals surface area contributed by atoms with E-state index in [9.17, 15) is 0 Å². The molecule has 0 fully saturated rings. The van der Waals surface area contributed by atoms with Crippen LogP contribution in [0.2, 0.25) is 0 Å². The molecule has 1 unspecified atom stereocenters. The molecule has 4 heteroatoms. The highest BCUT2D eigenvalue weighted by molar-refractivity contribution is 7.99. The van der Waals surface area contributed by atoms with E-state index >= 15 is 0 Å². The Kier molecular flexibility index (Phi) is 2.89. The minimum absolute atomic E-state index is 0.515. The highest BCUT2D eigenvalue weighted by atomic mass is 32.2. The Morgan fingerprint density at radius 1 is 1.24 bits per heavy atom. The summed E-state index contributed by atoms with van der Waals surface area (Å²) in [6.07, 6.45) is 2.40. The van der Waals surface area contributed by atoms with Crippen molar-refractivity contribution >= 4 is 11.8 Å². The van der Waals surface area contributed by atoms with Crippen molar-refractivity contribution in [3.63, 3.8) is 0 Å². The molecule has 88 valence electrons. The second kappa shape index (κ2) is 4.53. The van der Waals surface area contributed by atoms with E-state index in [0.29, 0.717) is 5.25 Å². The van der Waals surface area contributed by atoms with Gasteiger partial charge in [-0.3, -0.25) is 0 Å². The van der Waals surface area contributed by atoms with Crippen LogP contribution >= 0.6 is 11.8 Å². The van der Waals surface area contributed by atoms with E-state index in [1.807, 2.05) is 18.7 Å². The molecule has 1 aromatic heterocycles. The Morgan fingerprint density at radius 3 is 2.88 bits per heavy atom. The Labute approximate surface area is 105 Å². The number of aryl methyl sites for hydroxylation is 1. The molecule has 0 radical (unpaired) electrons. The molecular formula is C13H15N3S. The molecule has 0 spiro atoms. The van der Waals surface area contributed by atoms with Gasteiger partial charge in [0, 0.05) is 11.8 Å². The van der Waals surface area contributed by atoms with Crippen molar-refractivity contribution in [3.8, 4) is 0 Å². The van der Waals surface area contributed by atoms with Crippen LogP contribution in [-0.4, -0.2) is 14.8 Å². The molecular weight excluding hydrogens is 230 g/mol. The van der Waals surface area contributed by atoms with Crippen molar-refractivity contribution in [1.29, 1.82) is 0 Å². The standard InChI is InChI=1S/C13H15N3S/c1-10-14-15-13-16(10)9-5-8-12(17-13)11-6-3-2-4-7-11/h2-4,6-7,12H,5,8-9H2,1H3. The normalized spacial score (nSPS) is 19.7. The topological polar surface area (TPSA) is 30.7 Å². The summed E-state index contributed by atoms with van der Waals surface area (Å²) in [7, 11) is 0. The van der Waals surface area contributed by atoms with Gasteiger partial charge in [0.05, 0.1) is 0 Å². The molecule has 0 saturated heterocycles. The first-order valence-corrected chi connectivity index (χ1v) is 6.84. The van der Waals surface area contributed by atoms with Crippen LogP contribution in [-0.2, 0) is 6.54 Å². The second-order valence-corrected chi connectivity index (χ2v) is 5.51. The third kappa shape index (κ3) is 2.09. The van der Waals surface area contributed by atoms with E-state index in [1.165, 1.54) is 18.4 Å². The monoisotopic (exact) mass is 245 g/mol.